The molecular formula is C20H23F2N5O4. The molecule has 0 amide bonds. The molecule has 4 unspecified atom stereocenters. The Hall–Kier alpha value is -2.73. The molecule has 4 atom stereocenters. The first kappa shape index (κ1) is 21.5. The van der Waals surface area contributed by atoms with E-state index in [0.717, 1.165) is 0 Å². The van der Waals surface area contributed by atoms with E-state index in [-0.39, 0.29) is 30.0 Å². The topological polar surface area (TPSA) is 107 Å². The Kier molecular flexibility index (Phi) is 6.10. The van der Waals surface area contributed by atoms with Crippen molar-refractivity contribution >= 4 is 0 Å². The number of aliphatic hydroxyl groups is 2. The Labute approximate surface area is 176 Å². The van der Waals surface area contributed by atoms with Gasteiger partial charge in [-0.05, 0) is 18.6 Å². The average Bonchev–Trinajstić information content (AvgIpc) is 3.40. The van der Waals surface area contributed by atoms with Crippen LogP contribution in [0.3, 0.4) is 0 Å². The van der Waals surface area contributed by atoms with Crippen molar-refractivity contribution in [2.24, 2.45) is 7.05 Å². The third kappa shape index (κ3) is 4.09. The van der Waals surface area contributed by atoms with Crippen LogP contribution in [0.5, 0.6) is 0 Å². The van der Waals surface area contributed by atoms with Crippen molar-refractivity contribution in [2.45, 2.75) is 37.9 Å². The van der Waals surface area contributed by atoms with Crippen LogP contribution in [-0.2, 0) is 23.1 Å². The van der Waals surface area contributed by atoms with Gasteiger partial charge in [0.25, 0.3) is 0 Å². The predicted molar refractivity (Wildman–Crippen MR) is 104 cm³/mol. The minimum Gasteiger partial charge on any atom is -0.394 e. The summed E-state index contributed by atoms with van der Waals surface area (Å²) in [4.78, 5) is 4.20. The molecule has 0 bridgehead atoms. The number of ether oxygens (including phenoxy) is 2. The quantitative estimate of drug-likeness (QED) is 0.598. The number of aryl methyl sites for hydroxylation is 2. The summed E-state index contributed by atoms with van der Waals surface area (Å²) in [7, 11) is 1.83. The summed E-state index contributed by atoms with van der Waals surface area (Å²) in [5, 5.41) is 28.3. The summed E-state index contributed by atoms with van der Waals surface area (Å²) in [6.45, 7) is 1.31. The van der Waals surface area contributed by atoms with Crippen molar-refractivity contribution in [3.8, 4) is 11.3 Å². The van der Waals surface area contributed by atoms with Gasteiger partial charge < -0.3 is 24.3 Å². The molecule has 2 aromatic heterocycles. The van der Waals surface area contributed by atoms with E-state index in [1.54, 1.807) is 17.0 Å². The molecule has 0 aliphatic carbocycles. The van der Waals surface area contributed by atoms with Gasteiger partial charge in [0.1, 0.15) is 42.5 Å². The van der Waals surface area contributed by atoms with Crippen LogP contribution in [0.25, 0.3) is 11.3 Å². The molecule has 11 heteroatoms. The molecule has 0 radical (unpaired) electrons. The molecule has 3 aromatic rings. The molecule has 4 rings (SSSR count). The second kappa shape index (κ2) is 8.79. The lowest BCUT2D eigenvalue weighted by Gasteiger charge is -2.39. The molecule has 0 saturated carbocycles. The minimum atomic E-state index is -1.17. The Morgan fingerprint density at radius 2 is 2.10 bits per heavy atom. The van der Waals surface area contributed by atoms with Crippen LogP contribution in [0.4, 0.5) is 8.78 Å². The Morgan fingerprint density at radius 3 is 2.81 bits per heavy atom. The molecule has 1 aromatic carbocycles. The van der Waals surface area contributed by atoms with E-state index >= 15 is 0 Å². The maximum atomic E-state index is 14.4. The van der Waals surface area contributed by atoms with Gasteiger partial charge in [-0.1, -0.05) is 11.3 Å². The fourth-order valence-electron chi connectivity index (χ4n) is 3.60. The number of aliphatic hydroxyl groups excluding tert-OH is 2. The summed E-state index contributed by atoms with van der Waals surface area (Å²) in [5.41, 5.74) is 0.251. The van der Waals surface area contributed by atoms with Crippen LogP contribution in [0, 0.1) is 18.6 Å². The summed E-state index contributed by atoms with van der Waals surface area (Å²) < 4.78 is 43.0. The van der Waals surface area contributed by atoms with E-state index < -0.39 is 42.6 Å². The second-order valence-electron chi connectivity index (χ2n) is 7.48. The van der Waals surface area contributed by atoms with E-state index in [1.807, 2.05) is 7.05 Å². The van der Waals surface area contributed by atoms with E-state index in [4.69, 9.17) is 9.47 Å². The highest BCUT2D eigenvalue weighted by atomic mass is 19.2. The first-order valence-electron chi connectivity index (χ1n) is 9.75. The van der Waals surface area contributed by atoms with Crippen LogP contribution < -0.4 is 0 Å². The lowest BCUT2D eigenvalue weighted by Crippen LogP contribution is -2.52. The molecule has 1 aliphatic heterocycles. The number of hydrogen-bond donors (Lipinski definition) is 2. The molecule has 3 heterocycles. The van der Waals surface area contributed by atoms with E-state index in [1.165, 1.54) is 29.9 Å². The second-order valence-corrected chi connectivity index (χ2v) is 7.48. The number of aromatic nitrogens is 5. The molecular weight excluding hydrogens is 412 g/mol. The molecule has 1 fully saturated rings. The monoisotopic (exact) mass is 435 g/mol. The summed E-state index contributed by atoms with van der Waals surface area (Å²) >= 11 is 0. The minimum absolute atomic E-state index is 0.0416. The third-order valence-electron chi connectivity index (χ3n) is 5.48. The lowest BCUT2D eigenvalue weighted by molar-refractivity contribution is -0.184. The van der Waals surface area contributed by atoms with Crippen molar-refractivity contribution in [2.75, 3.05) is 13.2 Å². The number of imidazole rings is 1. The van der Waals surface area contributed by atoms with Crippen molar-refractivity contribution in [3.05, 3.63) is 53.7 Å². The smallest absolute Gasteiger partial charge is 0.168 e. The first-order chi connectivity index (χ1) is 14.9. The zero-order valence-electron chi connectivity index (χ0n) is 17.0. The standard InChI is InChI=1S/C20H23F2N5O4/c1-11-3-4-12(18(22)17(11)21)13-7-27(25-24-13)19-15(9-30-14(8-28)20(19)29)31-10-16-23-5-6-26(16)2/h3-7,14-15,19-20,28-29H,8-10H2,1-2H3. The number of benzene rings is 1. The van der Waals surface area contributed by atoms with Gasteiger partial charge in [0.2, 0.25) is 0 Å². The molecule has 166 valence electrons. The predicted octanol–water partition coefficient (Wildman–Crippen LogP) is 1.14. The Bertz CT molecular complexity index is 1060. The fourth-order valence-corrected chi connectivity index (χ4v) is 3.60. The number of rotatable bonds is 6. The normalized spacial score (nSPS) is 23.9. The largest absolute Gasteiger partial charge is 0.394 e. The number of nitrogens with zero attached hydrogens (tertiary/aromatic N) is 5. The maximum absolute atomic E-state index is 14.4. The molecule has 2 N–H and O–H groups in total. The molecule has 0 spiro atoms. The van der Waals surface area contributed by atoms with Crippen LogP contribution in [-0.4, -0.2) is 66.3 Å². The zero-order chi connectivity index (χ0) is 22.1. The number of hydrogen-bond acceptors (Lipinski definition) is 7. The van der Waals surface area contributed by atoms with Crippen molar-refractivity contribution < 1.29 is 28.5 Å². The highest BCUT2D eigenvalue weighted by molar-refractivity contribution is 5.59. The van der Waals surface area contributed by atoms with Crippen LogP contribution in [0.1, 0.15) is 17.4 Å². The van der Waals surface area contributed by atoms with Crippen LogP contribution in [0.15, 0.2) is 30.7 Å². The third-order valence-corrected chi connectivity index (χ3v) is 5.48. The van der Waals surface area contributed by atoms with Gasteiger partial charge in [0.15, 0.2) is 11.6 Å². The van der Waals surface area contributed by atoms with Crippen LogP contribution in [0.2, 0.25) is 0 Å². The molecule has 1 saturated heterocycles. The van der Waals surface area contributed by atoms with Crippen LogP contribution >= 0.6 is 0 Å². The van der Waals surface area contributed by atoms with Crippen molar-refractivity contribution in [3.63, 3.8) is 0 Å². The summed E-state index contributed by atoms with van der Waals surface area (Å²) in [6, 6.07) is 2.11. The van der Waals surface area contributed by atoms with Gasteiger partial charge in [-0.15, -0.1) is 5.10 Å². The first-order valence-corrected chi connectivity index (χ1v) is 9.75. The van der Waals surface area contributed by atoms with Crippen molar-refractivity contribution in [1.82, 2.24) is 24.5 Å². The average molecular weight is 435 g/mol. The van der Waals surface area contributed by atoms with Gasteiger partial charge in [-0.3, -0.25) is 0 Å². The van der Waals surface area contributed by atoms with E-state index in [9.17, 15) is 19.0 Å². The van der Waals surface area contributed by atoms with Gasteiger partial charge in [0, 0.05) is 25.0 Å². The lowest BCUT2D eigenvalue weighted by atomic mass is 9.97. The number of halogens is 2. The van der Waals surface area contributed by atoms with Gasteiger partial charge in [0.05, 0.1) is 19.4 Å². The highest BCUT2D eigenvalue weighted by Crippen LogP contribution is 2.31. The molecule has 9 nitrogen and oxygen atoms in total. The fraction of sp³-hybridized carbons (Fsp3) is 0.450. The van der Waals surface area contributed by atoms with Gasteiger partial charge >= 0.3 is 0 Å². The van der Waals surface area contributed by atoms with E-state index in [0.29, 0.717) is 5.82 Å². The Morgan fingerprint density at radius 1 is 1.29 bits per heavy atom. The maximum Gasteiger partial charge on any atom is 0.168 e. The summed E-state index contributed by atoms with van der Waals surface area (Å²) in [5.74, 6) is -1.29. The molecule has 1 aliphatic rings. The Balaban J connectivity index is 1.62. The highest BCUT2D eigenvalue weighted by Gasteiger charge is 2.42. The van der Waals surface area contributed by atoms with Gasteiger partial charge in [-0.25, -0.2) is 18.4 Å². The van der Waals surface area contributed by atoms with Gasteiger partial charge in [-0.2, -0.15) is 0 Å². The zero-order valence-corrected chi connectivity index (χ0v) is 17.0. The van der Waals surface area contributed by atoms with Crippen molar-refractivity contribution in [1.29, 1.82) is 0 Å². The molecule has 31 heavy (non-hydrogen) atoms. The SMILES string of the molecule is Cc1ccc(-c2cn(C3C(OCc4nccn4C)COC(CO)C3O)nn2)c(F)c1F. The van der Waals surface area contributed by atoms with E-state index in [2.05, 4.69) is 15.3 Å². The summed E-state index contributed by atoms with van der Waals surface area (Å²) in [6.07, 6.45) is 2.17.